The second kappa shape index (κ2) is 7.98. The van der Waals surface area contributed by atoms with E-state index in [1.807, 2.05) is 61.5 Å². The van der Waals surface area contributed by atoms with E-state index in [1.54, 1.807) is 6.92 Å². The SMILES string of the molecule is CCOC(=O)C(Sc1nnc(-c2cccc(C)c2)o1)c1ccccc1. The molecule has 0 aliphatic carbocycles. The maximum Gasteiger partial charge on any atom is 0.324 e. The molecule has 0 aliphatic rings. The first kappa shape index (κ1) is 17.2. The molecule has 3 aromatic rings. The lowest BCUT2D eigenvalue weighted by molar-refractivity contribution is -0.142. The van der Waals surface area contributed by atoms with Gasteiger partial charge in [-0.1, -0.05) is 48.0 Å². The van der Waals surface area contributed by atoms with Gasteiger partial charge < -0.3 is 9.15 Å². The van der Waals surface area contributed by atoms with Crippen LogP contribution in [0.2, 0.25) is 0 Å². The first-order chi connectivity index (χ1) is 12.2. The minimum Gasteiger partial charge on any atom is -0.465 e. The minimum atomic E-state index is -0.549. The van der Waals surface area contributed by atoms with E-state index in [1.165, 1.54) is 11.8 Å². The normalized spacial score (nSPS) is 11.9. The summed E-state index contributed by atoms with van der Waals surface area (Å²) in [5, 5.41) is 7.94. The van der Waals surface area contributed by atoms with Gasteiger partial charge in [0.15, 0.2) is 0 Å². The Labute approximate surface area is 150 Å². The number of thioether (sulfide) groups is 1. The molecular weight excluding hydrogens is 336 g/mol. The van der Waals surface area contributed by atoms with Crippen LogP contribution in [0.25, 0.3) is 11.5 Å². The van der Waals surface area contributed by atoms with Gasteiger partial charge in [0.2, 0.25) is 5.89 Å². The minimum absolute atomic E-state index is 0.321. The van der Waals surface area contributed by atoms with Crippen LogP contribution >= 0.6 is 11.8 Å². The number of nitrogens with zero attached hydrogens (tertiary/aromatic N) is 2. The molecule has 6 heteroatoms. The molecule has 1 aromatic heterocycles. The van der Waals surface area contributed by atoms with Crippen molar-refractivity contribution in [3.05, 3.63) is 65.7 Å². The second-order valence-electron chi connectivity index (χ2n) is 5.40. The highest BCUT2D eigenvalue weighted by atomic mass is 32.2. The van der Waals surface area contributed by atoms with E-state index in [4.69, 9.17) is 9.15 Å². The van der Waals surface area contributed by atoms with E-state index in [-0.39, 0.29) is 5.97 Å². The Morgan fingerprint density at radius 2 is 1.96 bits per heavy atom. The highest BCUT2D eigenvalue weighted by molar-refractivity contribution is 8.00. The van der Waals surface area contributed by atoms with Gasteiger partial charge >= 0.3 is 5.97 Å². The van der Waals surface area contributed by atoms with Gasteiger partial charge in [0.05, 0.1) is 6.61 Å². The highest BCUT2D eigenvalue weighted by Crippen LogP contribution is 2.36. The Morgan fingerprint density at radius 1 is 1.16 bits per heavy atom. The second-order valence-corrected chi connectivity index (χ2v) is 6.46. The van der Waals surface area contributed by atoms with E-state index in [0.717, 1.165) is 16.7 Å². The van der Waals surface area contributed by atoms with E-state index in [0.29, 0.717) is 17.7 Å². The fourth-order valence-electron chi connectivity index (χ4n) is 2.35. The molecular formula is C19H18N2O3S. The van der Waals surface area contributed by atoms with Gasteiger partial charge in [0.1, 0.15) is 5.25 Å². The van der Waals surface area contributed by atoms with Crippen LogP contribution in [-0.2, 0) is 9.53 Å². The monoisotopic (exact) mass is 354 g/mol. The average molecular weight is 354 g/mol. The quantitative estimate of drug-likeness (QED) is 0.481. The van der Waals surface area contributed by atoms with Gasteiger partial charge in [0, 0.05) is 5.56 Å². The number of carbonyl (C=O) groups excluding carboxylic acids is 1. The van der Waals surface area contributed by atoms with E-state index >= 15 is 0 Å². The summed E-state index contributed by atoms with van der Waals surface area (Å²) < 4.78 is 10.9. The number of esters is 1. The van der Waals surface area contributed by atoms with Gasteiger partial charge in [-0.3, -0.25) is 4.79 Å². The molecule has 0 saturated carbocycles. The molecule has 0 N–H and O–H groups in total. The van der Waals surface area contributed by atoms with E-state index in [2.05, 4.69) is 10.2 Å². The number of hydrogen-bond acceptors (Lipinski definition) is 6. The number of aromatic nitrogens is 2. The Balaban J connectivity index is 1.84. The lowest BCUT2D eigenvalue weighted by Crippen LogP contribution is -2.13. The Bertz CT molecular complexity index is 849. The number of carbonyl (C=O) groups is 1. The fourth-order valence-corrected chi connectivity index (χ4v) is 3.23. The molecule has 0 radical (unpaired) electrons. The Morgan fingerprint density at radius 3 is 2.68 bits per heavy atom. The molecule has 0 amide bonds. The predicted octanol–water partition coefficient (Wildman–Crippen LogP) is 4.44. The fraction of sp³-hybridized carbons (Fsp3) is 0.211. The van der Waals surface area contributed by atoms with Crippen molar-refractivity contribution in [3.63, 3.8) is 0 Å². The first-order valence-corrected chi connectivity index (χ1v) is 8.84. The van der Waals surface area contributed by atoms with Crippen LogP contribution < -0.4 is 0 Å². The molecule has 2 aromatic carbocycles. The summed E-state index contributed by atoms with van der Waals surface area (Å²) in [6, 6.07) is 17.3. The summed E-state index contributed by atoms with van der Waals surface area (Å²) in [6.45, 7) is 4.11. The topological polar surface area (TPSA) is 65.2 Å². The van der Waals surface area contributed by atoms with Gasteiger partial charge in [-0.05, 0) is 43.3 Å². The third-order valence-corrected chi connectivity index (χ3v) is 4.56. The molecule has 128 valence electrons. The molecule has 0 bridgehead atoms. The average Bonchev–Trinajstić information content (AvgIpc) is 3.09. The molecule has 25 heavy (non-hydrogen) atoms. The van der Waals surface area contributed by atoms with Crippen molar-refractivity contribution in [1.29, 1.82) is 0 Å². The van der Waals surface area contributed by atoms with Crippen LogP contribution in [0.15, 0.2) is 64.2 Å². The zero-order chi connectivity index (χ0) is 17.6. The lowest BCUT2D eigenvalue weighted by Gasteiger charge is -2.13. The van der Waals surface area contributed by atoms with Gasteiger partial charge in [0.25, 0.3) is 5.22 Å². The third kappa shape index (κ3) is 4.28. The van der Waals surface area contributed by atoms with Crippen molar-refractivity contribution in [2.24, 2.45) is 0 Å². The highest BCUT2D eigenvalue weighted by Gasteiger charge is 2.26. The van der Waals surface area contributed by atoms with Crippen molar-refractivity contribution in [2.45, 2.75) is 24.3 Å². The maximum absolute atomic E-state index is 12.3. The lowest BCUT2D eigenvalue weighted by atomic mass is 10.1. The zero-order valence-electron chi connectivity index (χ0n) is 14.0. The van der Waals surface area contributed by atoms with Crippen LogP contribution in [0.4, 0.5) is 0 Å². The number of benzene rings is 2. The summed E-state index contributed by atoms with van der Waals surface area (Å²) in [5.41, 5.74) is 2.80. The molecule has 0 aliphatic heterocycles. The van der Waals surface area contributed by atoms with Crippen LogP contribution in [0, 0.1) is 6.92 Å². The number of ether oxygens (including phenoxy) is 1. The van der Waals surface area contributed by atoms with Crippen molar-refractivity contribution in [1.82, 2.24) is 10.2 Å². The predicted molar refractivity (Wildman–Crippen MR) is 96.1 cm³/mol. The largest absolute Gasteiger partial charge is 0.465 e. The standard InChI is InChI=1S/C19H18N2O3S/c1-3-23-18(22)16(14-9-5-4-6-10-14)25-19-21-20-17(24-19)15-11-7-8-13(2)12-15/h4-12,16H,3H2,1-2H3. The molecule has 1 atom stereocenters. The Hall–Kier alpha value is -2.60. The number of hydrogen-bond donors (Lipinski definition) is 0. The van der Waals surface area contributed by atoms with Gasteiger partial charge in [-0.15, -0.1) is 10.2 Å². The molecule has 0 spiro atoms. The van der Waals surface area contributed by atoms with Gasteiger partial charge in [-0.25, -0.2) is 0 Å². The molecule has 1 heterocycles. The molecule has 0 saturated heterocycles. The number of aryl methyl sites for hydroxylation is 1. The molecule has 3 rings (SSSR count). The van der Waals surface area contributed by atoms with Crippen molar-refractivity contribution >= 4 is 17.7 Å². The Kier molecular flexibility index (Phi) is 5.50. The first-order valence-electron chi connectivity index (χ1n) is 7.96. The van der Waals surface area contributed by atoms with E-state index in [9.17, 15) is 4.79 Å². The summed E-state index contributed by atoms with van der Waals surface area (Å²) in [4.78, 5) is 12.3. The van der Waals surface area contributed by atoms with Crippen LogP contribution in [0.1, 0.15) is 23.3 Å². The zero-order valence-corrected chi connectivity index (χ0v) is 14.8. The van der Waals surface area contributed by atoms with Crippen LogP contribution in [0.3, 0.4) is 0 Å². The number of rotatable bonds is 6. The summed E-state index contributed by atoms with van der Waals surface area (Å²) in [7, 11) is 0. The molecule has 5 nitrogen and oxygen atoms in total. The maximum atomic E-state index is 12.3. The van der Waals surface area contributed by atoms with Crippen LogP contribution in [0.5, 0.6) is 0 Å². The van der Waals surface area contributed by atoms with Crippen molar-refractivity contribution < 1.29 is 13.9 Å². The van der Waals surface area contributed by atoms with Crippen LogP contribution in [-0.4, -0.2) is 22.8 Å². The van der Waals surface area contributed by atoms with E-state index < -0.39 is 5.25 Å². The summed E-state index contributed by atoms with van der Waals surface area (Å²) in [5.74, 6) is 0.107. The van der Waals surface area contributed by atoms with Gasteiger partial charge in [-0.2, -0.15) is 0 Å². The summed E-state index contributed by atoms with van der Waals surface area (Å²) in [6.07, 6.45) is 0. The third-order valence-electron chi connectivity index (χ3n) is 3.49. The smallest absolute Gasteiger partial charge is 0.324 e. The summed E-state index contributed by atoms with van der Waals surface area (Å²) >= 11 is 1.19. The molecule has 1 unspecified atom stereocenters. The van der Waals surface area contributed by atoms with Crippen molar-refractivity contribution in [3.8, 4) is 11.5 Å². The molecule has 0 fully saturated rings. The van der Waals surface area contributed by atoms with Crippen molar-refractivity contribution in [2.75, 3.05) is 6.61 Å².